The van der Waals surface area contributed by atoms with Gasteiger partial charge in [-0.15, -0.1) is 0 Å². The molecule has 0 aromatic heterocycles. The summed E-state index contributed by atoms with van der Waals surface area (Å²) in [6.07, 6.45) is 0.480. The van der Waals surface area contributed by atoms with Gasteiger partial charge in [0.25, 0.3) is 0 Å². The van der Waals surface area contributed by atoms with Gasteiger partial charge in [0, 0.05) is 5.39 Å². The lowest BCUT2D eigenvalue weighted by Gasteiger charge is -2.08. The maximum Gasteiger partial charge on any atom is 0.337 e. The number of nitrogens with one attached hydrogen (secondary N) is 1. The molecule has 0 radical (unpaired) electrons. The Balaban J connectivity index is 2.78. The van der Waals surface area contributed by atoms with Crippen LogP contribution in [-0.2, 0) is 4.79 Å². The number of carboxylic acids is 1. The van der Waals surface area contributed by atoms with Crippen LogP contribution in [0.2, 0.25) is 0 Å². The van der Waals surface area contributed by atoms with Crippen LogP contribution in [0.5, 0.6) is 0 Å². The predicted octanol–water partition coefficient (Wildman–Crippen LogP) is 2.11. The summed E-state index contributed by atoms with van der Waals surface area (Å²) in [7, 11) is 0. The van der Waals surface area contributed by atoms with Crippen LogP contribution in [0, 0.1) is 0 Å². The third-order valence-corrected chi connectivity index (χ3v) is 2.36. The van der Waals surface area contributed by atoms with Gasteiger partial charge in [-0.1, -0.05) is 30.3 Å². The Bertz CT molecular complexity index is 563. The van der Waals surface area contributed by atoms with Gasteiger partial charge in [0.2, 0.25) is 6.41 Å². The highest BCUT2D eigenvalue weighted by molar-refractivity contribution is 6.08. The molecule has 0 aliphatic carbocycles. The molecule has 0 spiro atoms. The lowest BCUT2D eigenvalue weighted by Crippen LogP contribution is -2.05. The summed E-state index contributed by atoms with van der Waals surface area (Å²) < 4.78 is 0. The van der Waals surface area contributed by atoms with Crippen molar-refractivity contribution in [1.29, 1.82) is 0 Å². The number of hydrogen-bond acceptors (Lipinski definition) is 2. The van der Waals surface area contributed by atoms with Crippen molar-refractivity contribution < 1.29 is 14.7 Å². The van der Waals surface area contributed by atoms with E-state index in [2.05, 4.69) is 5.32 Å². The second-order valence-electron chi connectivity index (χ2n) is 3.28. The number of carboxylic acid groups (broad SMARTS) is 1. The minimum atomic E-state index is -1.06. The Kier molecular flexibility index (Phi) is 2.55. The summed E-state index contributed by atoms with van der Waals surface area (Å²) in [5.74, 6) is -1.06. The highest BCUT2D eigenvalue weighted by Gasteiger charge is 2.12. The third kappa shape index (κ3) is 1.61. The van der Waals surface area contributed by atoms with Gasteiger partial charge in [-0.2, -0.15) is 0 Å². The van der Waals surface area contributed by atoms with Crippen molar-refractivity contribution in [2.75, 3.05) is 5.32 Å². The second kappa shape index (κ2) is 4.02. The smallest absolute Gasteiger partial charge is 0.337 e. The van der Waals surface area contributed by atoms with Crippen molar-refractivity contribution >= 4 is 28.8 Å². The van der Waals surface area contributed by atoms with Crippen molar-refractivity contribution in [3.05, 3.63) is 42.0 Å². The largest absolute Gasteiger partial charge is 0.478 e. The molecule has 2 rings (SSSR count). The number of amides is 1. The van der Waals surface area contributed by atoms with Crippen LogP contribution in [-0.4, -0.2) is 17.5 Å². The van der Waals surface area contributed by atoms with Gasteiger partial charge in [0.15, 0.2) is 0 Å². The number of aromatic carboxylic acids is 1. The first-order valence-electron chi connectivity index (χ1n) is 4.69. The van der Waals surface area contributed by atoms with Gasteiger partial charge in [-0.25, -0.2) is 4.79 Å². The molecule has 0 saturated carbocycles. The molecule has 0 unspecified atom stereocenters. The SMILES string of the molecule is O=CNc1c(C(=O)O)ccc2ccccc12. The van der Waals surface area contributed by atoms with E-state index in [1.807, 2.05) is 12.1 Å². The molecule has 0 bridgehead atoms. The van der Waals surface area contributed by atoms with Crippen LogP contribution in [0.4, 0.5) is 5.69 Å². The fourth-order valence-corrected chi connectivity index (χ4v) is 1.66. The Morgan fingerprint density at radius 3 is 2.62 bits per heavy atom. The molecule has 1 amide bonds. The maximum absolute atomic E-state index is 11.0. The molecule has 2 aromatic carbocycles. The summed E-state index contributed by atoms with van der Waals surface area (Å²) in [6.45, 7) is 0. The molecule has 2 N–H and O–H groups in total. The molecule has 0 heterocycles. The highest BCUT2D eigenvalue weighted by atomic mass is 16.4. The lowest BCUT2D eigenvalue weighted by molar-refractivity contribution is -0.105. The Hall–Kier alpha value is -2.36. The molecule has 4 nitrogen and oxygen atoms in total. The van der Waals surface area contributed by atoms with E-state index in [-0.39, 0.29) is 5.56 Å². The van der Waals surface area contributed by atoms with Gasteiger partial charge < -0.3 is 10.4 Å². The summed E-state index contributed by atoms with van der Waals surface area (Å²) in [4.78, 5) is 21.5. The number of hydrogen-bond donors (Lipinski definition) is 2. The monoisotopic (exact) mass is 215 g/mol. The summed E-state index contributed by atoms with van der Waals surface area (Å²) in [5.41, 5.74) is 0.423. The molecule has 0 saturated heterocycles. The zero-order valence-corrected chi connectivity index (χ0v) is 8.31. The van der Waals surface area contributed by atoms with Crippen LogP contribution >= 0.6 is 0 Å². The average molecular weight is 215 g/mol. The molecule has 2 aromatic rings. The van der Waals surface area contributed by atoms with Crippen LogP contribution in [0.3, 0.4) is 0 Å². The van der Waals surface area contributed by atoms with E-state index in [1.54, 1.807) is 18.2 Å². The van der Waals surface area contributed by atoms with Crippen LogP contribution in [0.1, 0.15) is 10.4 Å². The Morgan fingerprint density at radius 2 is 1.94 bits per heavy atom. The Labute approximate surface area is 91.5 Å². The molecule has 0 fully saturated rings. The Morgan fingerprint density at radius 1 is 1.19 bits per heavy atom. The van der Waals surface area contributed by atoms with E-state index in [0.29, 0.717) is 12.1 Å². The fraction of sp³-hybridized carbons (Fsp3) is 0. The quantitative estimate of drug-likeness (QED) is 0.770. The molecular formula is C12H9NO3. The normalized spacial score (nSPS) is 10.0. The van der Waals surface area contributed by atoms with E-state index < -0.39 is 5.97 Å². The molecule has 0 aliphatic rings. The van der Waals surface area contributed by atoms with Crippen LogP contribution in [0.25, 0.3) is 10.8 Å². The molecular weight excluding hydrogens is 206 g/mol. The summed E-state index contributed by atoms with van der Waals surface area (Å²) in [5, 5.41) is 13.0. The minimum absolute atomic E-state index is 0.0887. The maximum atomic E-state index is 11.0. The standard InChI is InChI=1S/C12H9NO3/c14-7-13-11-9-4-2-1-3-8(9)5-6-10(11)12(15)16/h1-7H,(H,13,14)(H,15,16). The van der Waals surface area contributed by atoms with Crippen LogP contribution in [0.15, 0.2) is 36.4 Å². The van der Waals surface area contributed by atoms with Gasteiger partial charge in [0.05, 0.1) is 11.3 Å². The van der Waals surface area contributed by atoms with E-state index >= 15 is 0 Å². The lowest BCUT2D eigenvalue weighted by atomic mass is 10.0. The number of carbonyl (C=O) groups is 2. The first-order chi connectivity index (χ1) is 7.74. The third-order valence-electron chi connectivity index (χ3n) is 2.36. The minimum Gasteiger partial charge on any atom is -0.478 e. The fourth-order valence-electron chi connectivity index (χ4n) is 1.66. The van der Waals surface area contributed by atoms with Gasteiger partial charge >= 0.3 is 5.97 Å². The predicted molar refractivity (Wildman–Crippen MR) is 60.6 cm³/mol. The van der Waals surface area contributed by atoms with E-state index in [4.69, 9.17) is 5.11 Å². The first-order valence-corrected chi connectivity index (χ1v) is 4.69. The first kappa shape index (κ1) is 10.2. The van der Waals surface area contributed by atoms with E-state index in [0.717, 1.165) is 10.8 Å². The number of rotatable bonds is 3. The van der Waals surface area contributed by atoms with Crippen molar-refractivity contribution in [3.63, 3.8) is 0 Å². The van der Waals surface area contributed by atoms with Crippen molar-refractivity contribution in [3.8, 4) is 0 Å². The van der Waals surface area contributed by atoms with Crippen LogP contribution < -0.4 is 5.32 Å². The van der Waals surface area contributed by atoms with Gasteiger partial charge in [0.1, 0.15) is 0 Å². The van der Waals surface area contributed by atoms with Gasteiger partial charge in [-0.3, -0.25) is 4.79 Å². The molecule has 4 heteroatoms. The molecule has 80 valence electrons. The second-order valence-corrected chi connectivity index (χ2v) is 3.28. The topological polar surface area (TPSA) is 66.4 Å². The molecule has 16 heavy (non-hydrogen) atoms. The highest BCUT2D eigenvalue weighted by Crippen LogP contribution is 2.27. The zero-order chi connectivity index (χ0) is 11.5. The molecule has 0 atom stereocenters. The van der Waals surface area contributed by atoms with E-state index in [1.165, 1.54) is 6.07 Å². The summed E-state index contributed by atoms with van der Waals surface area (Å²) >= 11 is 0. The summed E-state index contributed by atoms with van der Waals surface area (Å²) in [6, 6.07) is 10.5. The number of fused-ring (bicyclic) bond motifs is 1. The van der Waals surface area contributed by atoms with Crippen molar-refractivity contribution in [2.45, 2.75) is 0 Å². The van der Waals surface area contributed by atoms with Crippen molar-refractivity contribution in [1.82, 2.24) is 0 Å². The average Bonchev–Trinajstić information content (AvgIpc) is 2.29. The number of carbonyl (C=O) groups excluding carboxylic acids is 1. The van der Waals surface area contributed by atoms with Crippen molar-refractivity contribution in [2.24, 2.45) is 0 Å². The van der Waals surface area contributed by atoms with E-state index in [9.17, 15) is 9.59 Å². The zero-order valence-electron chi connectivity index (χ0n) is 8.31. The molecule has 0 aliphatic heterocycles. The van der Waals surface area contributed by atoms with Gasteiger partial charge in [-0.05, 0) is 11.5 Å². The number of anilines is 1. The number of benzene rings is 2.